The van der Waals surface area contributed by atoms with E-state index in [1.807, 2.05) is 0 Å². The molecule has 0 spiro atoms. The molecule has 0 aliphatic heterocycles. The van der Waals surface area contributed by atoms with Crippen LogP contribution in [0.5, 0.6) is 0 Å². The van der Waals surface area contributed by atoms with Gasteiger partial charge in [-0.2, -0.15) is 13.8 Å². The zero-order chi connectivity index (χ0) is 9.41. The van der Waals surface area contributed by atoms with Crippen molar-refractivity contribution in [3.8, 4) is 0 Å². The third kappa shape index (κ3) is 19900. The van der Waals surface area contributed by atoms with Gasteiger partial charge < -0.3 is 19.0 Å². The summed E-state index contributed by atoms with van der Waals surface area (Å²) in [6.07, 6.45) is 0. The van der Waals surface area contributed by atoms with Crippen molar-refractivity contribution in [2.45, 2.75) is 20.8 Å². The Morgan fingerprint density at radius 1 is 1.20 bits per heavy atom. The van der Waals surface area contributed by atoms with Crippen molar-refractivity contribution in [3.05, 3.63) is 13.8 Å². The zero-order valence-corrected chi connectivity index (χ0v) is 8.23. The molecule has 1 N–H and O–H groups in total. The van der Waals surface area contributed by atoms with Crippen LogP contribution in [0.4, 0.5) is 0 Å². The molecule has 0 aromatic heterocycles. The second-order valence-electron chi connectivity index (χ2n) is 0.391. The van der Waals surface area contributed by atoms with Crippen molar-refractivity contribution in [2.75, 3.05) is 6.61 Å². The van der Waals surface area contributed by atoms with Crippen LogP contribution in [0.15, 0.2) is 0 Å². The first-order valence-corrected chi connectivity index (χ1v) is 3.94. The number of aliphatic hydroxyl groups excluding tert-OH is 1. The van der Waals surface area contributed by atoms with Crippen molar-refractivity contribution < 1.29 is 28.6 Å². The first-order chi connectivity index (χ1) is 4.83. The Morgan fingerprint density at radius 2 is 1.20 bits per heavy atom. The van der Waals surface area contributed by atoms with E-state index in [1.165, 1.54) is 0 Å². The van der Waals surface area contributed by atoms with Gasteiger partial charge in [-0.05, 0) is 6.92 Å². The maximum absolute atomic E-state index is 8.47. The van der Waals surface area contributed by atoms with Crippen molar-refractivity contribution in [1.82, 2.24) is 0 Å². The van der Waals surface area contributed by atoms with Gasteiger partial charge in [0.1, 0.15) is 0 Å². The van der Waals surface area contributed by atoms with Crippen LogP contribution in [-0.4, -0.2) is 11.7 Å². The Labute approximate surface area is 70.4 Å². The average Bonchev–Trinajstić information content (AvgIpc) is 1.99. The molecule has 0 aromatic carbocycles. The van der Waals surface area contributed by atoms with Crippen LogP contribution in [0.3, 0.4) is 0 Å². The summed E-state index contributed by atoms with van der Waals surface area (Å²) in [5.74, 6) is 0. The van der Waals surface area contributed by atoms with Gasteiger partial charge in [-0.1, -0.05) is 0 Å². The van der Waals surface area contributed by atoms with Gasteiger partial charge in [0.25, 0.3) is 0 Å². The Kier molecular flexibility index (Phi) is 296. The summed E-state index contributed by atoms with van der Waals surface area (Å²) < 4.78 is 16.9. The first kappa shape index (κ1) is 22.5. The van der Waals surface area contributed by atoms with E-state index in [1.54, 1.807) is 20.8 Å². The molecule has 3 nitrogen and oxygen atoms in total. The molecule has 65 valence electrons. The minimum absolute atomic E-state index is 0.250. The van der Waals surface area contributed by atoms with Crippen LogP contribution in [0.1, 0.15) is 20.8 Å². The first-order valence-electron chi connectivity index (χ1n) is 2.80. The molecule has 4 heteroatoms. The molecule has 0 aliphatic rings. The van der Waals surface area contributed by atoms with E-state index < -0.39 is 16.2 Å². The van der Waals surface area contributed by atoms with Crippen LogP contribution in [0.25, 0.3) is 0 Å². The molecule has 0 aromatic rings. The van der Waals surface area contributed by atoms with Gasteiger partial charge in [0.15, 0.2) is 0 Å². The monoisotopic (exact) mass is 187 g/mol. The van der Waals surface area contributed by atoms with E-state index in [-0.39, 0.29) is 6.61 Å². The molecule has 0 aliphatic carbocycles. The number of hydrogen-bond donors (Lipinski definition) is 1. The molecule has 0 radical (unpaired) electrons. The van der Waals surface area contributed by atoms with E-state index >= 15 is 0 Å². The zero-order valence-electron chi connectivity index (χ0n) is 6.83. The quantitative estimate of drug-likeness (QED) is 0.584. The predicted molar refractivity (Wildman–Crippen MR) is 36.2 cm³/mol. The van der Waals surface area contributed by atoms with Gasteiger partial charge in [-0.3, -0.25) is 0 Å². The summed E-state index contributed by atoms with van der Waals surface area (Å²) in [5.41, 5.74) is 0. The van der Waals surface area contributed by atoms with Crippen molar-refractivity contribution >= 4 is 0 Å². The molecule has 0 heterocycles. The van der Waals surface area contributed by atoms with Crippen molar-refractivity contribution in [3.63, 3.8) is 0 Å². The van der Waals surface area contributed by atoms with Gasteiger partial charge in [0.05, 0.1) is 0 Å². The maximum atomic E-state index is 8.47. The van der Waals surface area contributed by atoms with E-state index in [4.69, 9.17) is 12.5 Å². The molecule has 0 rings (SSSR count). The van der Waals surface area contributed by atoms with Gasteiger partial charge in [0, 0.05) is 6.61 Å². The molecule has 0 amide bonds. The van der Waals surface area contributed by atoms with Gasteiger partial charge >= 0.3 is 23.5 Å². The Hall–Kier alpha value is 0.144. The topological polar surface area (TPSA) is 54.4 Å². The van der Waals surface area contributed by atoms with E-state index in [9.17, 15) is 0 Å². The van der Waals surface area contributed by atoms with Crippen LogP contribution in [-0.2, 0) is 23.5 Å². The average molecular weight is 187 g/mol. The SMILES string of the molecule is CCO.[CH2-]C.[CH2-]C.[O]=[V]=[O]. The summed E-state index contributed by atoms with van der Waals surface area (Å²) in [4.78, 5) is 0. The molecule has 0 unspecified atom stereocenters. The van der Waals surface area contributed by atoms with E-state index in [2.05, 4.69) is 13.8 Å². The fourth-order valence-corrected chi connectivity index (χ4v) is 0. The second kappa shape index (κ2) is 132. The van der Waals surface area contributed by atoms with Crippen LogP contribution < -0.4 is 0 Å². The van der Waals surface area contributed by atoms with E-state index in [0.29, 0.717) is 0 Å². The summed E-state index contributed by atoms with van der Waals surface area (Å²) >= 11 is -1.81. The Balaban J connectivity index is -0.0000000246. The minimum atomic E-state index is -1.81. The summed E-state index contributed by atoms with van der Waals surface area (Å²) in [6, 6.07) is 0. The third-order valence-corrected chi connectivity index (χ3v) is 0. The van der Waals surface area contributed by atoms with Gasteiger partial charge in [0.2, 0.25) is 0 Å². The Morgan fingerprint density at radius 3 is 1.20 bits per heavy atom. The van der Waals surface area contributed by atoms with Gasteiger partial charge in [-0.25, -0.2) is 0 Å². The molecule has 0 atom stereocenters. The predicted octanol–water partition coefficient (Wildman–Crippen LogP) is 1.44. The molecular weight excluding hydrogens is 171 g/mol. The van der Waals surface area contributed by atoms with Crippen molar-refractivity contribution in [2.24, 2.45) is 0 Å². The second-order valence-corrected chi connectivity index (χ2v) is 0.624. The summed E-state index contributed by atoms with van der Waals surface area (Å²) in [7, 11) is 0. The molecular formula is C6H16O3V-2. The standard InChI is InChI=1S/C2H6O.2C2H5.2O.V/c1-2-3;2*1-2;;;/h3H,2H2,1H3;2*1H2,2H3;;;/q;2*-1;;;. The third-order valence-electron chi connectivity index (χ3n) is 0. The fraction of sp³-hybridized carbons (Fsp3) is 0.667. The summed E-state index contributed by atoms with van der Waals surface area (Å²) in [5, 5.41) is 7.57. The number of hydrogen-bond acceptors (Lipinski definition) is 3. The van der Waals surface area contributed by atoms with Crippen molar-refractivity contribution in [1.29, 1.82) is 0 Å². The molecule has 0 saturated heterocycles. The van der Waals surface area contributed by atoms with Crippen LogP contribution >= 0.6 is 0 Å². The molecule has 10 heavy (non-hydrogen) atoms. The van der Waals surface area contributed by atoms with Crippen LogP contribution in [0, 0.1) is 13.8 Å². The van der Waals surface area contributed by atoms with Crippen LogP contribution in [0.2, 0.25) is 0 Å². The normalized spacial score (nSPS) is 3.80. The van der Waals surface area contributed by atoms with E-state index in [0.717, 1.165) is 0 Å². The molecule has 0 bridgehead atoms. The molecule has 0 fully saturated rings. The number of aliphatic hydroxyl groups is 1. The fourth-order valence-electron chi connectivity index (χ4n) is 0. The Bertz CT molecular complexity index is 42.3. The summed E-state index contributed by atoms with van der Waals surface area (Å²) in [6.45, 7) is 11.9. The number of rotatable bonds is 0. The molecule has 0 saturated carbocycles. The van der Waals surface area contributed by atoms with Gasteiger partial charge in [-0.15, -0.1) is 0 Å².